The molecule has 1 fully saturated rings. The summed E-state index contributed by atoms with van der Waals surface area (Å²) >= 11 is 0. The average molecular weight is 117 g/mol. The van der Waals surface area contributed by atoms with E-state index in [2.05, 4.69) is 0 Å². The molecule has 2 atom stereocenters. The van der Waals surface area contributed by atoms with E-state index in [0.29, 0.717) is 6.42 Å². The molecular formula is C6H12FN. The van der Waals surface area contributed by atoms with Crippen LogP contribution in [0.15, 0.2) is 0 Å². The van der Waals surface area contributed by atoms with Crippen LogP contribution in [0.4, 0.5) is 4.39 Å². The van der Waals surface area contributed by atoms with Crippen LogP contribution in [0.2, 0.25) is 0 Å². The SMILES string of the molecule is N[C@H]1CCCC[C@H]1F. The monoisotopic (exact) mass is 117 g/mol. The van der Waals surface area contributed by atoms with Crippen LogP contribution in [0.1, 0.15) is 25.7 Å². The van der Waals surface area contributed by atoms with Crippen molar-refractivity contribution in [2.45, 2.75) is 37.9 Å². The summed E-state index contributed by atoms with van der Waals surface area (Å²) in [5.41, 5.74) is 5.40. The molecule has 0 aromatic carbocycles. The summed E-state index contributed by atoms with van der Waals surface area (Å²) in [7, 11) is 0. The largest absolute Gasteiger partial charge is 0.325 e. The van der Waals surface area contributed by atoms with Gasteiger partial charge in [0.05, 0.1) is 0 Å². The first-order valence-electron chi connectivity index (χ1n) is 3.20. The van der Waals surface area contributed by atoms with E-state index in [9.17, 15) is 4.39 Å². The molecule has 0 aromatic rings. The Balaban J connectivity index is 2.28. The lowest BCUT2D eigenvalue weighted by Gasteiger charge is -2.21. The molecule has 1 aliphatic rings. The fourth-order valence-electron chi connectivity index (χ4n) is 1.11. The van der Waals surface area contributed by atoms with E-state index in [1.54, 1.807) is 0 Å². The Morgan fingerprint density at radius 3 is 2.25 bits per heavy atom. The Morgan fingerprint density at radius 2 is 1.88 bits per heavy atom. The summed E-state index contributed by atoms with van der Waals surface area (Å²) in [5, 5.41) is 0. The van der Waals surface area contributed by atoms with Crippen molar-refractivity contribution < 1.29 is 4.39 Å². The van der Waals surface area contributed by atoms with Crippen molar-refractivity contribution in [3.63, 3.8) is 0 Å². The second kappa shape index (κ2) is 2.44. The summed E-state index contributed by atoms with van der Waals surface area (Å²) in [4.78, 5) is 0. The van der Waals surface area contributed by atoms with Crippen molar-refractivity contribution in [1.29, 1.82) is 0 Å². The van der Waals surface area contributed by atoms with Gasteiger partial charge in [0.25, 0.3) is 0 Å². The molecule has 1 rings (SSSR count). The first kappa shape index (κ1) is 6.02. The highest BCUT2D eigenvalue weighted by atomic mass is 19.1. The van der Waals surface area contributed by atoms with Crippen LogP contribution in [0, 0.1) is 0 Å². The minimum Gasteiger partial charge on any atom is -0.325 e. The molecule has 8 heavy (non-hydrogen) atoms. The molecular weight excluding hydrogens is 105 g/mol. The topological polar surface area (TPSA) is 26.0 Å². The van der Waals surface area contributed by atoms with E-state index in [1.807, 2.05) is 0 Å². The first-order chi connectivity index (χ1) is 3.80. The summed E-state index contributed by atoms with van der Waals surface area (Å²) in [5.74, 6) is 0. The molecule has 2 N–H and O–H groups in total. The zero-order chi connectivity index (χ0) is 5.98. The molecule has 0 spiro atoms. The van der Waals surface area contributed by atoms with Crippen molar-refractivity contribution in [2.75, 3.05) is 0 Å². The minimum atomic E-state index is -0.719. The molecule has 0 bridgehead atoms. The lowest BCUT2D eigenvalue weighted by atomic mass is 9.95. The molecule has 0 amide bonds. The van der Waals surface area contributed by atoms with Crippen molar-refractivity contribution >= 4 is 0 Å². The van der Waals surface area contributed by atoms with Gasteiger partial charge >= 0.3 is 0 Å². The summed E-state index contributed by atoms with van der Waals surface area (Å²) in [6.07, 6.45) is 2.97. The average Bonchev–Trinajstić information content (AvgIpc) is 1.77. The molecule has 0 heterocycles. The summed E-state index contributed by atoms with van der Waals surface area (Å²) in [6.45, 7) is 0. The third-order valence-electron chi connectivity index (χ3n) is 1.73. The second-order valence-corrected chi connectivity index (χ2v) is 2.46. The number of halogens is 1. The van der Waals surface area contributed by atoms with E-state index in [4.69, 9.17) is 5.73 Å². The molecule has 0 saturated heterocycles. The molecule has 48 valence electrons. The standard InChI is InChI=1S/C6H12FN/c7-5-3-1-2-4-6(5)8/h5-6H,1-4,8H2/t5-,6+/m1/s1. The third kappa shape index (κ3) is 1.19. The van der Waals surface area contributed by atoms with Gasteiger partial charge in [-0.1, -0.05) is 12.8 Å². The summed E-state index contributed by atoms with van der Waals surface area (Å²) in [6, 6.07) is -0.163. The van der Waals surface area contributed by atoms with Gasteiger partial charge in [-0.25, -0.2) is 4.39 Å². The van der Waals surface area contributed by atoms with Gasteiger partial charge in [-0.3, -0.25) is 0 Å². The maximum Gasteiger partial charge on any atom is 0.115 e. The maximum absolute atomic E-state index is 12.5. The Bertz CT molecular complexity index is 64.9. The maximum atomic E-state index is 12.5. The molecule has 1 aliphatic carbocycles. The number of nitrogens with two attached hydrogens (primary N) is 1. The van der Waals surface area contributed by atoms with Crippen molar-refractivity contribution in [3.05, 3.63) is 0 Å². The van der Waals surface area contributed by atoms with Crippen LogP contribution in [0.3, 0.4) is 0 Å². The van der Waals surface area contributed by atoms with Gasteiger partial charge in [-0.2, -0.15) is 0 Å². The molecule has 2 heteroatoms. The Labute approximate surface area is 49.1 Å². The van der Waals surface area contributed by atoms with E-state index >= 15 is 0 Å². The minimum absolute atomic E-state index is 0.163. The highest BCUT2D eigenvalue weighted by Gasteiger charge is 2.19. The van der Waals surface area contributed by atoms with Crippen LogP contribution < -0.4 is 5.73 Å². The molecule has 1 nitrogen and oxygen atoms in total. The van der Waals surface area contributed by atoms with Crippen molar-refractivity contribution in [1.82, 2.24) is 0 Å². The Hall–Kier alpha value is -0.110. The van der Waals surface area contributed by atoms with Gasteiger partial charge in [0, 0.05) is 6.04 Å². The van der Waals surface area contributed by atoms with Crippen LogP contribution in [0.25, 0.3) is 0 Å². The van der Waals surface area contributed by atoms with Gasteiger partial charge in [0.15, 0.2) is 0 Å². The van der Waals surface area contributed by atoms with Crippen LogP contribution in [-0.2, 0) is 0 Å². The highest BCUT2D eigenvalue weighted by Crippen LogP contribution is 2.18. The van der Waals surface area contributed by atoms with Crippen LogP contribution in [-0.4, -0.2) is 12.2 Å². The fraction of sp³-hybridized carbons (Fsp3) is 1.00. The van der Waals surface area contributed by atoms with Gasteiger partial charge < -0.3 is 5.73 Å². The smallest absolute Gasteiger partial charge is 0.115 e. The van der Waals surface area contributed by atoms with E-state index in [0.717, 1.165) is 19.3 Å². The van der Waals surface area contributed by atoms with E-state index in [-0.39, 0.29) is 6.04 Å². The zero-order valence-corrected chi connectivity index (χ0v) is 4.94. The van der Waals surface area contributed by atoms with Crippen molar-refractivity contribution in [3.8, 4) is 0 Å². The quantitative estimate of drug-likeness (QED) is 0.507. The molecule has 1 saturated carbocycles. The predicted molar refractivity (Wildman–Crippen MR) is 31.3 cm³/mol. The van der Waals surface area contributed by atoms with Crippen LogP contribution >= 0.6 is 0 Å². The van der Waals surface area contributed by atoms with Crippen molar-refractivity contribution in [2.24, 2.45) is 5.73 Å². The molecule has 0 aromatic heterocycles. The third-order valence-corrected chi connectivity index (χ3v) is 1.73. The lowest BCUT2D eigenvalue weighted by molar-refractivity contribution is 0.218. The van der Waals surface area contributed by atoms with Gasteiger partial charge in [-0.15, -0.1) is 0 Å². The normalized spacial score (nSPS) is 39.8. The zero-order valence-electron chi connectivity index (χ0n) is 4.94. The molecule has 0 radical (unpaired) electrons. The van der Waals surface area contributed by atoms with E-state index < -0.39 is 6.17 Å². The highest BCUT2D eigenvalue weighted by molar-refractivity contribution is 4.76. The van der Waals surface area contributed by atoms with Gasteiger partial charge in [0.2, 0.25) is 0 Å². The summed E-state index contributed by atoms with van der Waals surface area (Å²) < 4.78 is 12.5. The second-order valence-electron chi connectivity index (χ2n) is 2.46. The van der Waals surface area contributed by atoms with Gasteiger partial charge in [0.1, 0.15) is 6.17 Å². The number of hydrogen-bond donors (Lipinski definition) is 1. The number of hydrogen-bond acceptors (Lipinski definition) is 1. The predicted octanol–water partition coefficient (Wildman–Crippen LogP) is 1.23. The molecule has 0 aliphatic heterocycles. The van der Waals surface area contributed by atoms with Crippen LogP contribution in [0.5, 0.6) is 0 Å². The molecule has 0 unspecified atom stereocenters. The Kier molecular flexibility index (Phi) is 1.84. The number of alkyl halides is 1. The lowest BCUT2D eigenvalue weighted by Crippen LogP contribution is -2.34. The fourth-order valence-corrected chi connectivity index (χ4v) is 1.11. The first-order valence-corrected chi connectivity index (χ1v) is 3.20. The van der Waals surface area contributed by atoms with E-state index in [1.165, 1.54) is 0 Å². The number of rotatable bonds is 0. The Morgan fingerprint density at radius 1 is 1.25 bits per heavy atom. The van der Waals surface area contributed by atoms with Gasteiger partial charge in [-0.05, 0) is 12.8 Å².